The normalized spacial score (nSPS) is 10.0. The lowest BCUT2D eigenvalue weighted by molar-refractivity contribution is 0.836. The van der Waals surface area contributed by atoms with E-state index in [1.807, 2.05) is 0 Å². The lowest BCUT2D eigenvalue weighted by atomic mass is 9.95. The minimum absolute atomic E-state index is 0.592. The molecule has 0 saturated heterocycles. The van der Waals surface area contributed by atoms with Gasteiger partial charge in [-0.1, -0.05) is 38.1 Å². The molecule has 0 bridgehead atoms. The van der Waals surface area contributed by atoms with E-state index in [-0.39, 0.29) is 0 Å². The van der Waals surface area contributed by atoms with Gasteiger partial charge < -0.3 is 0 Å². The first-order valence-electron chi connectivity index (χ1n) is 4.77. The van der Waals surface area contributed by atoms with Crippen molar-refractivity contribution in [2.45, 2.75) is 32.6 Å². The van der Waals surface area contributed by atoms with Gasteiger partial charge in [0.15, 0.2) is 0 Å². The van der Waals surface area contributed by atoms with Gasteiger partial charge in [-0.3, -0.25) is 0 Å². The summed E-state index contributed by atoms with van der Waals surface area (Å²) in [6.45, 7) is 4.43. The first-order valence-corrected chi connectivity index (χ1v) is 4.77. The molecule has 0 saturated carbocycles. The number of benzene rings is 1. The molecule has 0 unspecified atom stereocenters. The summed E-state index contributed by atoms with van der Waals surface area (Å²) in [6.07, 6.45) is 7.09. The van der Waals surface area contributed by atoms with Crippen LogP contribution in [-0.4, -0.2) is 0 Å². The number of terminal acetylenes is 1. The van der Waals surface area contributed by atoms with Gasteiger partial charge >= 0.3 is 0 Å². The SMILES string of the molecule is C#CCCc1ccccc1C(C)C. The zero-order chi connectivity index (χ0) is 9.68. The second-order valence-electron chi connectivity index (χ2n) is 3.56. The molecule has 1 rings (SSSR count). The Balaban J connectivity index is 2.86. The Morgan fingerprint density at radius 3 is 2.62 bits per heavy atom. The Hall–Kier alpha value is -1.22. The Bertz CT molecular complexity index is 302. The molecule has 0 aliphatic heterocycles. The number of aryl methyl sites for hydroxylation is 1. The summed E-state index contributed by atoms with van der Waals surface area (Å²) in [4.78, 5) is 0. The van der Waals surface area contributed by atoms with E-state index in [2.05, 4.69) is 44.0 Å². The van der Waals surface area contributed by atoms with E-state index >= 15 is 0 Å². The quantitative estimate of drug-likeness (QED) is 0.613. The molecule has 0 heterocycles. The smallest absolute Gasteiger partial charge is 0.0127 e. The van der Waals surface area contributed by atoms with E-state index in [0.29, 0.717) is 5.92 Å². The van der Waals surface area contributed by atoms with Crippen LogP contribution in [0.1, 0.15) is 37.3 Å². The van der Waals surface area contributed by atoms with E-state index in [1.54, 1.807) is 0 Å². The van der Waals surface area contributed by atoms with Crippen molar-refractivity contribution in [1.82, 2.24) is 0 Å². The molecule has 68 valence electrons. The molecule has 0 atom stereocenters. The van der Waals surface area contributed by atoms with Gasteiger partial charge in [-0.2, -0.15) is 0 Å². The fourth-order valence-electron chi connectivity index (χ4n) is 1.53. The van der Waals surface area contributed by atoms with Crippen LogP contribution in [0.5, 0.6) is 0 Å². The highest BCUT2D eigenvalue weighted by atomic mass is 14.1. The maximum Gasteiger partial charge on any atom is 0.0127 e. The zero-order valence-electron chi connectivity index (χ0n) is 8.38. The molecular weight excluding hydrogens is 156 g/mol. The van der Waals surface area contributed by atoms with Crippen LogP contribution in [0.25, 0.3) is 0 Å². The van der Waals surface area contributed by atoms with Crippen molar-refractivity contribution < 1.29 is 0 Å². The lowest BCUT2D eigenvalue weighted by Crippen LogP contribution is -1.95. The van der Waals surface area contributed by atoms with E-state index in [4.69, 9.17) is 6.42 Å². The predicted octanol–water partition coefficient (Wildman–Crippen LogP) is 3.38. The largest absolute Gasteiger partial charge is 0.120 e. The van der Waals surface area contributed by atoms with Gasteiger partial charge in [-0.15, -0.1) is 12.3 Å². The summed E-state index contributed by atoms with van der Waals surface area (Å²) in [5.74, 6) is 3.27. The van der Waals surface area contributed by atoms with Crippen LogP contribution in [0.2, 0.25) is 0 Å². The lowest BCUT2D eigenvalue weighted by Gasteiger charge is -2.10. The fraction of sp³-hybridized carbons (Fsp3) is 0.385. The van der Waals surface area contributed by atoms with Gasteiger partial charge in [-0.05, 0) is 23.5 Å². The highest BCUT2D eigenvalue weighted by molar-refractivity contribution is 5.30. The number of hydrogen-bond donors (Lipinski definition) is 0. The van der Waals surface area contributed by atoms with Gasteiger partial charge in [0.2, 0.25) is 0 Å². The van der Waals surface area contributed by atoms with E-state index in [1.165, 1.54) is 11.1 Å². The molecule has 0 radical (unpaired) electrons. The first-order chi connectivity index (χ1) is 6.25. The summed E-state index contributed by atoms with van der Waals surface area (Å²) in [5.41, 5.74) is 2.83. The van der Waals surface area contributed by atoms with Gasteiger partial charge in [0, 0.05) is 6.42 Å². The number of hydrogen-bond acceptors (Lipinski definition) is 0. The molecule has 1 aromatic carbocycles. The Labute approximate surface area is 81.0 Å². The molecular formula is C13H16. The van der Waals surface area contributed by atoms with Crippen LogP contribution in [0, 0.1) is 12.3 Å². The monoisotopic (exact) mass is 172 g/mol. The van der Waals surface area contributed by atoms with Crippen LogP contribution in [-0.2, 0) is 6.42 Å². The Morgan fingerprint density at radius 1 is 1.31 bits per heavy atom. The topological polar surface area (TPSA) is 0 Å². The summed E-state index contributed by atoms with van der Waals surface area (Å²) >= 11 is 0. The average molecular weight is 172 g/mol. The van der Waals surface area contributed by atoms with Crippen molar-refractivity contribution in [2.24, 2.45) is 0 Å². The average Bonchev–Trinajstić information content (AvgIpc) is 2.15. The van der Waals surface area contributed by atoms with Crippen LogP contribution < -0.4 is 0 Å². The Kier molecular flexibility index (Phi) is 3.58. The van der Waals surface area contributed by atoms with Crippen molar-refractivity contribution in [1.29, 1.82) is 0 Å². The van der Waals surface area contributed by atoms with Gasteiger partial charge in [0.05, 0.1) is 0 Å². The molecule has 0 aliphatic rings. The predicted molar refractivity (Wildman–Crippen MR) is 57.7 cm³/mol. The highest BCUT2D eigenvalue weighted by Crippen LogP contribution is 2.19. The Morgan fingerprint density at radius 2 is 2.00 bits per heavy atom. The standard InChI is InChI=1S/C13H16/c1-4-5-8-12-9-6-7-10-13(12)11(2)3/h1,6-7,9-11H,5,8H2,2-3H3. The van der Waals surface area contributed by atoms with E-state index in [0.717, 1.165) is 12.8 Å². The molecule has 13 heavy (non-hydrogen) atoms. The van der Waals surface area contributed by atoms with Crippen LogP contribution >= 0.6 is 0 Å². The van der Waals surface area contributed by atoms with E-state index < -0.39 is 0 Å². The minimum atomic E-state index is 0.592. The van der Waals surface area contributed by atoms with Gasteiger partial charge in [0.1, 0.15) is 0 Å². The second-order valence-corrected chi connectivity index (χ2v) is 3.56. The van der Waals surface area contributed by atoms with Crippen LogP contribution in [0.3, 0.4) is 0 Å². The highest BCUT2D eigenvalue weighted by Gasteiger charge is 2.03. The second kappa shape index (κ2) is 4.72. The molecule has 1 aromatic rings. The molecule has 0 aromatic heterocycles. The molecule has 0 N–H and O–H groups in total. The summed E-state index contributed by atoms with van der Waals surface area (Å²) in [5, 5.41) is 0. The minimum Gasteiger partial charge on any atom is -0.120 e. The van der Waals surface area contributed by atoms with Crippen LogP contribution in [0.4, 0.5) is 0 Å². The molecule has 0 aliphatic carbocycles. The third kappa shape index (κ3) is 2.63. The van der Waals surface area contributed by atoms with Crippen molar-refractivity contribution >= 4 is 0 Å². The molecule has 0 fully saturated rings. The van der Waals surface area contributed by atoms with Crippen molar-refractivity contribution in [3.8, 4) is 12.3 Å². The summed E-state index contributed by atoms with van der Waals surface area (Å²) in [7, 11) is 0. The van der Waals surface area contributed by atoms with Crippen molar-refractivity contribution in [2.75, 3.05) is 0 Å². The number of rotatable bonds is 3. The molecule has 0 nitrogen and oxygen atoms in total. The first kappa shape index (κ1) is 9.86. The third-order valence-electron chi connectivity index (χ3n) is 2.22. The molecule has 0 spiro atoms. The van der Waals surface area contributed by atoms with Crippen LogP contribution in [0.15, 0.2) is 24.3 Å². The van der Waals surface area contributed by atoms with E-state index in [9.17, 15) is 0 Å². The summed E-state index contributed by atoms with van der Waals surface area (Å²) < 4.78 is 0. The van der Waals surface area contributed by atoms with Gasteiger partial charge in [0.25, 0.3) is 0 Å². The van der Waals surface area contributed by atoms with Gasteiger partial charge in [-0.25, -0.2) is 0 Å². The molecule has 0 amide bonds. The summed E-state index contributed by atoms with van der Waals surface area (Å²) in [6, 6.07) is 8.54. The molecule has 0 heteroatoms. The zero-order valence-corrected chi connectivity index (χ0v) is 8.38. The maximum absolute atomic E-state index is 5.25. The third-order valence-corrected chi connectivity index (χ3v) is 2.22. The fourth-order valence-corrected chi connectivity index (χ4v) is 1.53. The van der Waals surface area contributed by atoms with Crippen molar-refractivity contribution in [3.05, 3.63) is 35.4 Å². The van der Waals surface area contributed by atoms with Crippen molar-refractivity contribution in [3.63, 3.8) is 0 Å². The maximum atomic E-state index is 5.25.